The van der Waals surface area contributed by atoms with Crippen LogP contribution in [-0.2, 0) is 0 Å². The molecule has 0 aliphatic heterocycles. The van der Waals surface area contributed by atoms with E-state index < -0.39 is 23.0 Å². The molecule has 0 bridgehead atoms. The van der Waals surface area contributed by atoms with E-state index in [-0.39, 0.29) is 15.2 Å². The zero-order valence-corrected chi connectivity index (χ0v) is 11.0. The fourth-order valence-electron chi connectivity index (χ4n) is 1.71. The third kappa shape index (κ3) is 2.45. The van der Waals surface area contributed by atoms with Crippen molar-refractivity contribution in [3.05, 3.63) is 58.3 Å². The lowest BCUT2D eigenvalue weighted by Gasteiger charge is -2.05. The van der Waals surface area contributed by atoms with Gasteiger partial charge in [0.1, 0.15) is 5.82 Å². The predicted octanol–water partition coefficient (Wildman–Crippen LogP) is 3.21. The Morgan fingerprint density at radius 1 is 1.14 bits per heavy atom. The van der Waals surface area contributed by atoms with Crippen LogP contribution in [0.3, 0.4) is 0 Å². The highest BCUT2D eigenvalue weighted by atomic mass is 32.1. The summed E-state index contributed by atoms with van der Waals surface area (Å²) in [6.45, 7) is 0. The maximum absolute atomic E-state index is 13.7. The first kappa shape index (κ1) is 13.5. The van der Waals surface area contributed by atoms with Crippen LogP contribution in [-0.4, -0.2) is 9.97 Å². The minimum atomic E-state index is -1.62. The largest absolute Gasteiger partial charge is 0.316 e. The summed E-state index contributed by atoms with van der Waals surface area (Å²) in [7, 11) is 0. The molecule has 8 heteroatoms. The van der Waals surface area contributed by atoms with Gasteiger partial charge in [0, 0.05) is 6.20 Å². The van der Waals surface area contributed by atoms with Crippen LogP contribution in [0.2, 0.25) is 0 Å². The molecule has 2 heterocycles. The first-order valence-electron chi connectivity index (χ1n) is 5.72. The summed E-state index contributed by atoms with van der Waals surface area (Å²) in [5.41, 5.74) is -0.847. The normalized spacial score (nSPS) is 10.8. The van der Waals surface area contributed by atoms with Gasteiger partial charge >= 0.3 is 0 Å². The summed E-state index contributed by atoms with van der Waals surface area (Å²) in [5, 5.41) is 2.45. The molecule has 0 atom stereocenters. The van der Waals surface area contributed by atoms with Crippen molar-refractivity contribution < 1.29 is 13.2 Å². The predicted molar refractivity (Wildman–Crippen MR) is 73.3 cm³/mol. The Morgan fingerprint density at radius 2 is 1.95 bits per heavy atom. The van der Waals surface area contributed by atoms with E-state index in [1.54, 1.807) is 18.2 Å². The van der Waals surface area contributed by atoms with Crippen LogP contribution in [0.15, 0.2) is 35.3 Å². The number of hydrogen-bond acceptors (Lipinski definition) is 5. The molecule has 0 aliphatic carbocycles. The monoisotopic (exact) mass is 309 g/mol. The summed E-state index contributed by atoms with van der Waals surface area (Å²) in [6.07, 6.45) is 1.52. The van der Waals surface area contributed by atoms with E-state index in [4.69, 9.17) is 0 Å². The molecule has 0 aliphatic rings. The van der Waals surface area contributed by atoms with Crippen molar-refractivity contribution in [2.45, 2.75) is 0 Å². The second kappa shape index (κ2) is 5.13. The topological polar surface area (TPSA) is 54.9 Å². The number of benzene rings is 1. The van der Waals surface area contributed by atoms with Crippen molar-refractivity contribution >= 4 is 32.4 Å². The van der Waals surface area contributed by atoms with Crippen molar-refractivity contribution in [2.24, 2.45) is 0 Å². The second-order valence-corrected chi connectivity index (χ2v) is 5.03. The average Bonchev–Trinajstić information content (AvgIpc) is 2.47. The van der Waals surface area contributed by atoms with E-state index in [0.717, 1.165) is 0 Å². The third-order valence-electron chi connectivity index (χ3n) is 2.65. The van der Waals surface area contributed by atoms with Crippen molar-refractivity contribution in [1.29, 1.82) is 0 Å². The van der Waals surface area contributed by atoms with Gasteiger partial charge in [0.25, 0.3) is 5.56 Å². The Morgan fingerprint density at radius 3 is 2.67 bits per heavy atom. The minimum Gasteiger partial charge on any atom is -0.316 e. The van der Waals surface area contributed by atoms with Crippen molar-refractivity contribution in [3.8, 4) is 0 Å². The molecular weight excluding hydrogens is 303 g/mol. The fourth-order valence-corrected chi connectivity index (χ4v) is 2.62. The Bertz CT molecular complexity index is 883. The molecule has 1 N–H and O–H groups in total. The summed E-state index contributed by atoms with van der Waals surface area (Å²) >= 11 is 0.701. The number of fused-ring (bicyclic) bond motifs is 1. The number of aromatic nitrogens is 2. The van der Waals surface area contributed by atoms with Crippen LogP contribution in [0, 0.1) is 17.5 Å². The average molecular weight is 309 g/mol. The number of hydrogen-bond donors (Lipinski definition) is 1. The smallest absolute Gasteiger partial charge is 0.281 e. The molecule has 21 heavy (non-hydrogen) atoms. The highest BCUT2D eigenvalue weighted by Crippen LogP contribution is 2.28. The van der Waals surface area contributed by atoms with Crippen molar-refractivity contribution in [2.75, 3.05) is 5.32 Å². The first-order valence-corrected chi connectivity index (χ1v) is 6.54. The number of nitrogens with one attached hydrogen (secondary N) is 1. The lowest BCUT2D eigenvalue weighted by molar-refractivity contribution is 0.454. The van der Waals surface area contributed by atoms with Gasteiger partial charge in [-0.25, -0.2) is 18.2 Å². The Labute approximate surface area is 119 Å². The number of pyridine rings is 1. The van der Waals surface area contributed by atoms with Gasteiger partial charge in [-0.15, -0.1) is 0 Å². The van der Waals surface area contributed by atoms with Crippen LogP contribution >= 0.6 is 11.3 Å². The summed E-state index contributed by atoms with van der Waals surface area (Å²) in [5.74, 6) is -4.05. The zero-order chi connectivity index (χ0) is 15.0. The molecule has 0 radical (unpaired) electrons. The van der Waals surface area contributed by atoms with Crippen molar-refractivity contribution in [3.63, 3.8) is 0 Å². The molecule has 4 nitrogen and oxygen atoms in total. The van der Waals surface area contributed by atoms with E-state index in [9.17, 15) is 18.0 Å². The number of halogens is 3. The first-order chi connectivity index (χ1) is 10.1. The molecule has 2 aromatic heterocycles. The van der Waals surface area contributed by atoms with Crippen LogP contribution in [0.25, 0.3) is 10.1 Å². The van der Waals surface area contributed by atoms with Crippen LogP contribution < -0.4 is 10.9 Å². The SMILES string of the molecule is O=c1nc(Nc2ccccn2)sc2c(F)c(F)c(F)cc12. The highest BCUT2D eigenvalue weighted by Gasteiger charge is 2.17. The maximum atomic E-state index is 13.7. The van der Waals surface area contributed by atoms with Gasteiger partial charge in [-0.05, 0) is 18.2 Å². The number of nitrogens with zero attached hydrogens (tertiary/aromatic N) is 2. The molecule has 0 amide bonds. The molecule has 0 saturated heterocycles. The van der Waals surface area contributed by atoms with Gasteiger partial charge in [0.2, 0.25) is 0 Å². The van der Waals surface area contributed by atoms with E-state index in [1.807, 2.05) is 0 Å². The Balaban J connectivity index is 2.17. The standard InChI is InChI=1S/C13H6F3N3OS/c14-7-5-6-11(10(16)9(7)15)21-13(19-12(6)20)18-8-3-1-2-4-17-8/h1-5H,(H,17,18,19,20). The molecule has 106 valence electrons. The molecule has 0 spiro atoms. The molecule has 0 saturated carbocycles. The van der Waals surface area contributed by atoms with Gasteiger partial charge in [-0.1, -0.05) is 17.4 Å². The van der Waals surface area contributed by atoms with E-state index in [1.165, 1.54) is 6.20 Å². The fraction of sp³-hybridized carbons (Fsp3) is 0. The van der Waals surface area contributed by atoms with Gasteiger partial charge in [-0.2, -0.15) is 4.98 Å². The quantitative estimate of drug-likeness (QED) is 0.739. The van der Waals surface area contributed by atoms with Gasteiger partial charge in [0.05, 0.1) is 10.1 Å². The lowest BCUT2D eigenvalue weighted by atomic mass is 10.2. The number of rotatable bonds is 2. The maximum Gasteiger partial charge on any atom is 0.281 e. The highest BCUT2D eigenvalue weighted by molar-refractivity contribution is 7.21. The summed E-state index contributed by atoms with van der Waals surface area (Å²) in [4.78, 5) is 19.4. The molecule has 1 aromatic carbocycles. The van der Waals surface area contributed by atoms with Crippen molar-refractivity contribution in [1.82, 2.24) is 9.97 Å². The van der Waals surface area contributed by atoms with E-state index >= 15 is 0 Å². The number of anilines is 2. The Kier molecular flexibility index (Phi) is 3.30. The summed E-state index contributed by atoms with van der Waals surface area (Å²) < 4.78 is 39.8. The zero-order valence-electron chi connectivity index (χ0n) is 10.2. The third-order valence-corrected chi connectivity index (χ3v) is 3.64. The Hall–Kier alpha value is -2.48. The van der Waals surface area contributed by atoms with Gasteiger partial charge in [0.15, 0.2) is 22.6 Å². The molecule has 3 rings (SSSR count). The van der Waals surface area contributed by atoms with E-state index in [2.05, 4.69) is 15.3 Å². The lowest BCUT2D eigenvalue weighted by Crippen LogP contribution is -2.10. The molecular formula is C13H6F3N3OS. The molecule has 0 fully saturated rings. The molecule has 0 unspecified atom stereocenters. The van der Waals surface area contributed by atoms with Gasteiger partial charge in [-0.3, -0.25) is 4.79 Å². The van der Waals surface area contributed by atoms with Crippen LogP contribution in [0.4, 0.5) is 24.1 Å². The van der Waals surface area contributed by atoms with E-state index in [0.29, 0.717) is 23.2 Å². The summed E-state index contributed by atoms with van der Waals surface area (Å²) in [6, 6.07) is 5.66. The van der Waals surface area contributed by atoms with Crippen LogP contribution in [0.1, 0.15) is 0 Å². The minimum absolute atomic E-state index is 0.0381. The molecule has 3 aromatic rings. The second-order valence-electron chi connectivity index (χ2n) is 4.03. The van der Waals surface area contributed by atoms with Gasteiger partial charge < -0.3 is 5.32 Å². The van der Waals surface area contributed by atoms with Crippen LogP contribution in [0.5, 0.6) is 0 Å².